The maximum absolute atomic E-state index is 4.83. The predicted molar refractivity (Wildman–Crippen MR) is 67.9 cm³/mol. The van der Waals surface area contributed by atoms with Gasteiger partial charge in [0.2, 0.25) is 0 Å². The standard InChI is InChI=1S/C14H24N2/c1-7-16-12-10(8-9-14(12,5)6)11(15-16)13(2,3)4/h7-9H2,1-6H3. The first-order valence-corrected chi connectivity index (χ1v) is 6.38. The average molecular weight is 220 g/mol. The predicted octanol–water partition coefficient (Wildman–Crippen LogP) is 3.42. The Balaban J connectivity index is 2.62. The molecule has 0 fully saturated rings. The number of rotatable bonds is 1. The van der Waals surface area contributed by atoms with E-state index in [0.717, 1.165) is 6.54 Å². The van der Waals surface area contributed by atoms with Gasteiger partial charge in [0.05, 0.1) is 5.69 Å². The van der Waals surface area contributed by atoms with E-state index in [1.165, 1.54) is 29.8 Å². The summed E-state index contributed by atoms with van der Waals surface area (Å²) in [6.45, 7) is 14.7. The summed E-state index contributed by atoms with van der Waals surface area (Å²) in [5.41, 5.74) is 4.81. The smallest absolute Gasteiger partial charge is 0.0713 e. The molecule has 0 N–H and O–H groups in total. The molecule has 0 aliphatic heterocycles. The Morgan fingerprint density at radius 3 is 2.44 bits per heavy atom. The topological polar surface area (TPSA) is 17.8 Å². The van der Waals surface area contributed by atoms with Crippen molar-refractivity contribution < 1.29 is 0 Å². The van der Waals surface area contributed by atoms with Gasteiger partial charge >= 0.3 is 0 Å². The van der Waals surface area contributed by atoms with E-state index in [1.54, 1.807) is 0 Å². The fraction of sp³-hybridized carbons (Fsp3) is 0.786. The SMILES string of the molecule is CCn1nc(C(C)(C)C)c2c1C(C)(C)CC2. The van der Waals surface area contributed by atoms with E-state index >= 15 is 0 Å². The van der Waals surface area contributed by atoms with Gasteiger partial charge in [-0.3, -0.25) is 4.68 Å². The van der Waals surface area contributed by atoms with Crippen LogP contribution in [-0.2, 0) is 23.8 Å². The lowest BCUT2D eigenvalue weighted by Crippen LogP contribution is -2.19. The van der Waals surface area contributed by atoms with Gasteiger partial charge < -0.3 is 0 Å². The van der Waals surface area contributed by atoms with Crippen molar-refractivity contribution in [3.8, 4) is 0 Å². The zero-order chi connectivity index (χ0) is 12.1. The molecular weight excluding hydrogens is 196 g/mol. The molecule has 1 heterocycles. The summed E-state index contributed by atoms with van der Waals surface area (Å²) in [7, 11) is 0. The van der Waals surface area contributed by atoms with Crippen LogP contribution in [0, 0.1) is 0 Å². The first kappa shape index (κ1) is 11.7. The highest BCUT2D eigenvalue weighted by Crippen LogP contribution is 2.42. The van der Waals surface area contributed by atoms with E-state index in [1.807, 2.05) is 0 Å². The van der Waals surface area contributed by atoms with E-state index in [4.69, 9.17) is 5.10 Å². The Bertz CT molecular complexity index is 405. The van der Waals surface area contributed by atoms with Crippen molar-refractivity contribution >= 4 is 0 Å². The fourth-order valence-electron chi connectivity index (χ4n) is 2.88. The second-order valence-electron chi connectivity index (χ2n) is 6.63. The molecule has 2 rings (SSSR count). The van der Waals surface area contributed by atoms with E-state index in [9.17, 15) is 0 Å². The maximum atomic E-state index is 4.83. The molecule has 1 aromatic heterocycles. The maximum Gasteiger partial charge on any atom is 0.0713 e. The van der Waals surface area contributed by atoms with Gasteiger partial charge in [-0.05, 0) is 25.3 Å². The molecule has 0 atom stereocenters. The first-order valence-electron chi connectivity index (χ1n) is 6.38. The highest BCUT2D eigenvalue weighted by molar-refractivity contribution is 5.39. The molecule has 1 aromatic rings. The van der Waals surface area contributed by atoms with Crippen molar-refractivity contribution in [2.75, 3.05) is 0 Å². The van der Waals surface area contributed by atoms with Gasteiger partial charge in [-0.2, -0.15) is 5.10 Å². The number of hydrogen-bond acceptors (Lipinski definition) is 1. The molecule has 2 nitrogen and oxygen atoms in total. The van der Waals surface area contributed by atoms with Gasteiger partial charge in [0.15, 0.2) is 0 Å². The zero-order valence-corrected chi connectivity index (χ0v) is 11.5. The molecule has 0 bridgehead atoms. The average Bonchev–Trinajstić information content (AvgIpc) is 2.64. The third kappa shape index (κ3) is 1.59. The molecule has 0 unspecified atom stereocenters. The van der Waals surface area contributed by atoms with Crippen LogP contribution in [0.1, 0.15) is 64.9 Å². The first-order chi connectivity index (χ1) is 7.27. The lowest BCUT2D eigenvalue weighted by Gasteiger charge is -2.19. The lowest BCUT2D eigenvalue weighted by atomic mass is 9.87. The molecule has 2 heteroatoms. The van der Waals surface area contributed by atoms with E-state index in [2.05, 4.69) is 46.2 Å². The van der Waals surface area contributed by atoms with Gasteiger partial charge in [0.25, 0.3) is 0 Å². The van der Waals surface area contributed by atoms with Crippen LogP contribution < -0.4 is 0 Å². The molecule has 1 aliphatic carbocycles. The summed E-state index contributed by atoms with van der Waals surface area (Å²) in [6.07, 6.45) is 2.47. The fourth-order valence-corrected chi connectivity index (χ4v) is 2.88. The van der Waals surface area contributed by atoms with Gasteiger partial charge in [0.1, 0.15) is 0 Å². The number of aryl methyl sites for hydroxylation is 1. The minimum atomic E-state index is 0.172. The molecule has 0 radical (unpaired) electrons. The van der Waals surface area contributed by atoms with Crippen molar-refractivity contribution in [3.05, 3.63) is 17.0 Å². The Hall–Kier alpha value is -0.790. The Morgan fingerprint density at radius 1 is 1.31 bits per heavy atom. The van der Waals surface area contributed by atoms with E-state index in [0.29, 0.717) is 5.41 Å². The van der Waals surface area contributed by atoms with Crippen molar-refractivity contribution in [1.82, 2.24) is 9.78 Å². The van der Waals surface area contributed by atoms with Crippen LogP contribution in [0.5, 0.6) is 0 Å². The van der Waals surface area contributed by atoms with E-state index in [-0.39, 0.29) is 5.41 Å². The van der Waals surface area contributed by atoms with Crippen molar-refractivity contribution in [2.45, 2.75) is 71.8 Å². The Kier molecular flexibility index (Phi) is 2.45. The van der Waals surface area contributed by atoms with Gasteiger partial charge in [-0.1, -0.05) is 34.6 Å². The third-order valence-corrected chi connectivity index (χ3v) is 3.70. The molecule has 0 saturated heterocycles. The third-order valence-electron chi connectivity index (χ3n) is 3.70. The van der Waals surface area contributed by atoms with Crippen LogP contribution in [0.3, 0.4) is 0 Å². The Morgan fingerprint density at radius 2 is 1.94 bits per heavy atom. The van der Waals surface area contributed by atoms with Gasteiger partial charge in [-0.15, -0.1) is 0 Å². The summed E-state index contributed by atoms with van der Waals surface area (Å²) in [5, 5.41) is 4.83. The second-order valence-corrected chi connectivity index (χ2v) is 6.63. The van der Waals surface area contributed by atoms with Crippen LogP contribution in [0.4, 0.5) is 0 Å². The van der Waals surface area contributed by atoms with Crippen molar-refractivity contribution in [3.63, 3.8) is 0 Å². The summed E-state index contributed by atoms with van der Waals surface area (Å²) in [5.74, 6) is 0. The summed E-state index contributed by atoms with van der Waals surface area (Å²) in [4.78, 5) is 0. The minimum Gasteiger partial charge on any atom is -0.269 e. The van der Waals surface area contributed by atoms with Gasteiger partial charge in [-0.25, -0.2) is 0 Å². The van der Waals surface area contributed by atoms with Crippen LogP contribution in [0.15, 0.2) is 0 Å². The molecule has 0 aromatic carbocycles. The highest BCUT2D eigenvalue weighted by atomic mass is 15.3. The molecule has 0 saturated carbocycles. The second kappa shape index (κ2) is 3.35. The molecule has 16 heavy (non-hydrogen) atoms. The largest absolute Gasteiger partial charge is 0.269 e. The molecule has 0 amide bonds. The van der Waals surface area contributed by atoms with Crippen molar-refractivity contribution in [1.29, 1.82) is 0 Å². The monoisotopic (exact) mass is 220 g/mol. The number of aromatic nitrogens is 2. The summed E-state index contributed by atoms with van der Waals surface area (Å²) in [6, 6.07) is 0. The van der Waals surface area contributed by atoms with Crippen LogP contribution in [0.25, 0.3) is 0 Å². The zero-order valence-electron chi connectivity index (χ0n) is 11.5. The summed E-state index contributed by atoms with van der Waals surface area (Å²) < 4.78 is 2.23. The van der Waals surface area contributed by atoms with Crippen LogP contribution >= 0.6 is 0 Å². The number of fused-ring (bicyclic) bond motifs is 1. The molecule has 0 spiro atoms. The Labute approximate surface area is 99.0 Å². The normalized spacial score (nSPS) is 18.9. The lowest BCUT2D eigenvalue weighted by molar-refractivity contribution is 0.450. The van der Waals surface area contributed by atoms with Crippen LogP contribution in [0.2, 0.25) is 0 Å². The van der Waals surface area contributed by atoms with Crippen molar-refractivity contribution in [2.24, 2.45) is 0 Å². The molecule has 1 aliphatic rings. The number of nitrogens with zero attached hydrogens (tertiary/aromatic N) is 2. The van der Waals surface area contributed by atoms with Gasteiger partial charge in [0, 0.05) is 23.1 Å². The molecule has 90 valence electrons. The van der Waals surface area contributed by atoms with Crippen LogP contribution in [-0.4, -0.2) is 9.78 Å². The number of hydrogen-bond donors (Lipinski definition) is 0. The quantitative estimate of drug-likeness (QED) is 0.709. The highest BCUT2D eigenvalue weighted by Gasteiger charge is 2.38. The minimum absolute atomic E-state index is 0.172. The molecular formula is C14H24N2. The van der Waals surface area contributed by atoms with E-state index < -0.39 is 0 Å². The summed E-state index contributed by atoms with van der Waals surface area (Å²) >= 11 is 0.